The van der Waals surface area contributed by atoms with Crippen LogP contribution in [0.2, 0.25) is 0 Å². The van der Waals surface area contributed by atoms with Crippen LogP contribution in [-0.4, -0.2) is 5.11 Å². The highest BCUT2D eigenvalue weighted by Gasteiger charge is 2.33. The van der Waals surface area contributed by atoms with Crippen molar-refractivity contribution >= 4 is 0 Å². The van der Waals surface area contributed by atoms with E-state index < -0.39 is 17.2 Å². The van der Waals surface area contributed by atoms with Gasteiger partial charge < -0.3 is 5.11 Å². The smallest absolute Gasteiger partial charge is 0.140 e. The molecule has 0 bridgehead atoms. The van der Waals surface area contributed by atoms with Crippen LogP contribution >= 0.6 is 0 Å². The average Bonchev–Trinajstić information content (AvgIpc) is 2.55. The van der Waals surface area contributed by atoms with Crippen molar-refractivity contribution in [3.05, 3.63) is 107 Å². The molecule has 1 nitrogen and oxygen atoms in total. The standard InChI is InChI=1S/C19H14F2O/c20-17-11-9-15(10-12-17)19(22,14-5-2-1-3-6-14)16-7-4-8-18(21)13-16/h1-13,22H. The maximum Gasteiger partial charge on any atom is 0.140 e. The Labute approximate surface area is 127 Å². The molecular formula is C19H14F2O. The average molecular weight is 296 g/mol. The van der Waals surface area contributed by atoms with E-state index >= 15 is 0 Å². The van der Waals surface area contributed by atoms with Crippen molar-refractivity contribution in [2.45, 2.75) is 5.60 Å². The first-order chi connectivity index (χ1) is 10.6. The van der Waals surface area contributed by atoms with E-state index in [0.29, 0.717) is 16.7 Å². The van der Waals surface area contributed by atoms with E-state index in [9.17, 15) is 13.9 Å². The summed E-state index contributed by atoms with van der Waals surface area (Å²) in [5.41, 5.74) is -0.0833. The summed E-state index contributed by atoms with van der Waals surface area (Å²) in [6, 6.07) is 20.3. The van der Waals surface area contributed by atoms with Crippen LogP contribution in [0.25, 0.3) is 0 Å². The summed E-state index contributed by atoms with van der Waals surface area (Å²) in [4.78, 5) is 0. The minimum Gasteiger partial charge on any atom is -0.376 e. The third-order valence-corrected chi connectivity index (χ3v) is 3.70. The van der Waals surface area contributed by atoms with Gasteiger partial charge in [0.1, 0.15) is 17.2 Å². The highest BCUT2D eigenvalue weighted by atomic mass is 19.1. The Morgan fingerprint density at radius 3 is 1.82 bits per heavy atom. The van der Waals surface area contributed by atoms with Gasteiger partial charge in [-0.3, -0.25) is 0 Å². The summed E-state index contributed by atoms with van der Waals surface area (Å²) in [6.07, 6.45) is 0. The fourth-order valence-electron chi connectivity index (χ4n) is 2.58. The van der Waals surface area contributed by atoms with Crippen molar-refractivity contribution in [2.24, 2.45) is 0 Å². The molecule has 1 N–H and O–H groups in total. The molecule has 3 aromatic rings. The van der Waals surface area contributed by atoms with Gasteiger partial charge in [0.25, 0.3) is 0 Å². The van der Waals surface area contributed by atoms with Gasteiger partial charge in [-0.05, 0) is 41.0 Å². The molecule has 0 fully saturated rings. The van der Waals surface area contributed by atoms with Crippen LogP contribution in [0, 0.1) is 11.6 Å². The van der Waals surface area contributed by atoms with Gasteiger partial charge in [-0.25, -0.2) is 8.78 Å². The number of halogens is 2. The summed E-state index contributed by atoms with van der Waals surface area (Å²) < 4.78 is 26.8. The van der Waals surface area contributed by atoms with Gasteiger partial charge in [0.15, 0.2) is 0 Å². The Hall–Kier alpha value is -2.52. The van der Waals surface area contributed by atoms with Crippen molar-refractivity contribution in [3.8, 4) is 0 Å². The molecule has 0 aromatic heterocycles. The molecule has 0 heterocycles. The molecule has 3 rings (SSSR count). The van der Waals surface area contributed by atoms with Crippen molar-refractivity contribution in [1.82, 2.24) is 0 Å². The quantitative estimate of drug-likeness (QED) is 0.716. The number of hydrogen-bond donors (Lipinski definition) is 1. The lowest BCUT2D eigenvalue weighted by molar-refractivity contribution is 0.125. The molecule has 0 spiro atoms. The second-order valence-electron chi connectivity index (χ2n) is 5.09. The molecular weight excluding hydrogens is 282 g/mol. The van der Waals surface area contributed by atoms with Crippen LogP contribution < -0.4 is 0 Å². The zero-order valence-corrected chi connectivity index (χ0v) is 11.7. The van der Waals surface area contributed by atoms with Gasteiger partial charge in [-0.1, -0.05) is 54.6 Å². The van der Waals surface area contributed by atoms with Crippen LogP contribution in [0.15, 0.2) is 78.9 Å². The third kappa shape index (κ3) is 2.51. The maximum atomic E-state index is 13.6. The van der Waals surface area contributed by atoms with Crippen molar-refractivity contribution in [1.29, 1.82) is 0 Å². The Balaban J connectivity index is 2.24. The number of aliphatic hydroxyl groups is 1. The summed E-state index contributed by atoms with van der Waals surface area (Å²) >= 11 is 0. The van der Waals surface area contributed by atoms with Crippen LogP contribution in [0.5, 0.6) is 0 Å². The van der Waals surface area contributed by atoms with Crippen LogP contribution in [0.3, 0.4) is 0 Å². The molecule has 1 unspecified atom stereocenters. The topological polar surface area (TPSA) is 20.2 Å². The maximum absolute atomic E-state index is 13.6. The minimum atomic E-state index is -1.54. The molecule has 0 amide bonds. The van der Waals surface area contributed by atoms with E-state index in [1.165, 1.54) is 36.4 Å². The monoisotopic (exact) mass is 296 g/mol. The molecule has 0 saturated carbocycles. The van der Waals surface area contributed by atoms with Crippen molar-refractivity contribution < 1.29 is 13.9 Å². The van der Waals surface area contributed by atoms with E-state index in [1.54, 1.807) is 36.4 Å². The molecule has 1 atom stereocenters. The summed E-state index contributed by atoms with van der Waals surface area (Å²) in [5.74, 6) is -0.827. The number of rotatable bonds is 3. The first-order valence-electron chi connectivity index (χ1n) is 6.90. The van der Waals surface area contributed by atoms with Gasteiger partial charge in [0, 0.05) is 0 Å². The first kappa shape index (κ1) is 14.4. The Morgan fingerprint density at radius 2 is 1.18 bits per heavy atom. The fourth-order valence-corrected chi connectivity index (χ4v) is 2.58. The molecule has 3 heteroatoms. The molecule has 0 aliphatic heterocycles. The predicted octanol–water partition coefficient (Wildman–Crippen LogP) is 4.25. The second kappa shape index (κ2) is 5.70. The van der Waals surface area contributed by atoms with E-state index in [-0.39, 0.29) is 0 Å². The lowest BCUT2D eigenvalue weighted by Gasteiger charge is -2.30. The molecule has 0 saturated heterocycles. The normalized spacial score (nSPS) is 13.6. The zero-order valence-electron chi connectivity index (χ0n) is 11.7. The largest absolute Gasteiger partial charge is 0.376 e. The summed E-state index contributed by atoms with van der Waals surface area (Å²) in [7, 11) is 0. The van der Waals surface area contributed by atoms with Gasteiger partial charge >= 0.3 is 0 Å². The first-order valence-corrected chi connectivity index (χ1v) is 6.90. The lowest BCUT2D eigenvalue weighted by atomic mass is 9.80. The minimum absolute atomic E-state index is 0.390. The second-order valence-corrected chi connectivity index (χ2v) is 5.09. The van der Waals surface area contributed by atoms with E-state index in [0.717, 1.165) is 0 Å². The SMILES string of the molecule is OC(c1ccccc1)(c1ccc(F)cc1)c1cccc(F)c1. The van der Waals surface area contributed by atoms with Gasteiger partial charge in [-0.2, -0.15) is 0 Å². The molecule has 3 aromatic carbocycles. The van der Waals surface area contributed by atoms with Crippen molar-refractivity contribution in [2.75, 3.05) is 0 Å². The summed E-state index contributed by atoms with van der Waals surface area (Å²) in [5, 5.41) is 11.4. The lowest BCUT2D eigenvalue weighted by Crippen LogP contribution is -2.29. The Morgan fingerprint density at radius 1 is 0.591 bits per heavy atom. The number of benzene rings is 3. The molecule has 0 aliphatic rings. The van der Waals surface area contributed by atoms with Crippen LogP contribution in [-0.2, 0) is 5.60 Å². The van der Waals surface area contributed by atoms with Crippen LogP contribution in [0.4, 0.5) is 8.78 Å². The third-order valence-electron chi connectivity index (χ3n) is 3.70. The number of hydrogen-bond acceptors (Lipinski definition) is 1. The van der Waals surface area contributed by atoms with Gasteiger partial charge in [0.05, 0.1) is 0 Å². The van der Waals surface area contributed by atoms with Crippen LogP contribution in [0.1, 0.15) is 16.7 Å². The highest BCUT2D eigenvalue weighted by molar-refractivity contribution is 5.46. The zero-order chi connectivity index (χ0) is 15.6. The fraction of sp³-hybridized carbons (Fsp3) is 0.0526. The molecule has 110 valence electrons. The van der Waals surface area contributed by atoms with Crippen molar-refractivity contribution in [3.63, 3.8) is 0 Å². The Bertz CT molecular complexity index is 769. The highest BCUT2D eigenvalue weighted by Crippen LogP contribution is 2.36. The summed E-state index contributed by atoms with van der Waals surface area (Å²) in [6.45, 7) is 0. The van der Waals surface area contributed by atoms with Gasteiger partial charge in [-0.15, -0.1) is 0 Å². The van der Waals surface area contributed by atoms with E-state index in [1.807, 2.05) is 6.07 Å². The molecule has 0 aliphatic carbocycles. The predicted molar refractivity (Wildman–Crippen MR) is 81.3 cm³/mol. The van der Waals surface area contributed by atoms with E-state index in [4.69, 9.17) is 0 Å². The van der Waals surface area contributed by atoms with Gasteiger partial charge in [0.2, 0.25) is 0 Å². The van der Waals surface area contributed by atoms with E-state index in [2.05, 4.69) is 0 Å². The molecule has 0 radical (unpaired) electrons. The Kier molecular flexibility index (Phi) is 3.73. The molecule has 22 heavy (non-hydrogen) atoms.